The average Bonchev–Trinajstić information content (AvgIpc) is 2.72. The molecule has 0 atom stereocenters. The van der Waals surface area contributed by atoms with Crippen molar-refractivity contribution in [2.45, 2.75) is 6.54 Å². The Morgan fingerprint density at radius 1 is 0.769 bits per heavy atom. The summed E-state index contributed by atoms with van der Waals surface area (Å²) in [6.45, 7) is 0.390. The maximum Gasteiger partial charge on any atom is 0.337 e. The Balaban J connectivity index is 1.60. The molecule has 0 heterocycles. The van der Waals surface area contributed by atoms with Crippen LogP contribution in [-0.2, 0) is 11.3 Å². The number of carbonyl (C=O) groups excluding carboxylic acids is 2. The molecule has 1 N–H and O–H groups in total. The first-order valence-electron chi connectivity index (χ1n) is 8.28. The predicted molar refractivity (Wildman–Crippen MR) is 101 cm³/mol. The van der Waals surface area contributed by atoms with Crippen LogP contribution in [0, 0.1) is 0 Å². The highest BCUT2D eigenvalue weighted by Gasteiger charge is 2.07. The smallest absolute Gasteiger partial charge is 0.337 e. The summed E-state index contributed by atoms with van der Waals surface area (Å²) < 4.78 is 4.67. The van der Waals surface area contributed by atoms with Gasteiger partial charge in [-0.2, -0.15) is 0 Å². The Labute approximate surface area is 152 Å². The lowest BCUT2D eigenvalue weighted by atomic mass is 10.0. The maximum absolute atomic E-state index is 12.3. The molecule has 0 aromatic heterocycles. The normalized spacial score (nSPS) is 10.2. The number of amides is 1. The Hall–Kier alpha value is -3.40. The Morgan fingerprint density at radius 2 is 1.35 bits per heavy atom. The van der Waals surface area contributed by atoms with E-state index in [2.05, 4.69) is 10.1 Å². The van der Waals surface area contributed by atoms with E-state index in [4.69, 9.17) is 0 Å². The number of rotatable bonds is 5. The van der Waals surface area contributed by atoms with Crippen molar-refractivity contribution in [1.29, 1.82) is 0 Å². The van der Waals surface area contributed by atoms with Crippen LogP contribution < -0.4 is 5.32 Å². The van der Waals surface area contributed by atoms with Gasteiger partial charge in [0.2, 0.25) is 0 Å². The Morgan fingerprint density at radius 3 is 1.96 bits per heavy atom. The molecule has 0 aliphatic rings. The largest absolute Gasteiger partial charge is 0.465 e. The molecule has 0 saturated carbocycles. The van der Waals surface area contributed by atoms with Crippen LogP contribution in [0.5, 0.6) is 0 Å². The second-order valence-electron chi connectivity index (χ2n) is 5.81. The second kappa shape index (κ2) is 8.12. The van der Waals surface area contributed by atoms with Gasteiger partial charge in [0.05, 0.1) is 12.7 Å². The van der Waals surface area contributed by atoms with Crippen molar-refractivity contribution in [2.75, 3.05) is 7.11 Å². The van der Waals surface area contributed by atoms with Gasteiger partial charge < -0.3 is 10.1 Å². The van der Waals surface area contributed by atoms with E-state index in [0.717, 1.165) is 16.7 Å². The van der Waals surface area contributed by atoms with Crippen LogP contribution in [0.4, 0.5) is 0 Å². The van der Waals surface area contributed by atoms with E-state index >= 15 is 0 Å². The van der Waals surface area contributed by atoms with Crippen LogP contribution in [0.25, 0.3) is 11.1 Å². The molecule has 4 heteroatoms. The molecule has 3 rings (SSSR count). The minimum atomic E-state index is -0.376. The van der Waals surface area contributed by atoms with Crippen LogP contribution in [0.3, 0.4) is 0 Å². The lowest BCUT2D eigenvalue weighted by molar-refractivity contribution is 0.0600. The molecule has 4 nitrogen and oxygen atoms in total. The van der Waals surface area contributed by atoms with Gasteiger partial charge in [0.1, 0.15) is 0 Å². The maximum atomic E-state index is 12.3. The van der Waals surface area contributed by atoms with Gasteiger partial charge in [-0.1, -0.05) is 54.6 Å². The fraction of sp³-hybridized carbons (Fsp3) is 0.0909. The molecule has 0 unspecified atom stereocenters. The van der Waals surface area contributed by atoms with E-state index in [1.54, 1.807) is 24.3 Å². The van der Waals surface area contributed by atoms with Crippen molar-refractivity contribution >= 4 is 11.9 Å². The quantitative estimate of drug-likeness (QED) is 0.709. The van der Waals surface area contributed by atoms with Gasteiger partial charge in [-0.05, 0) is 41.0 Å². The summed E-state index contributed by atoms with van der Waals surface area (Å²) in [5.41, 5.74) is 4.19. The SMILES string of the molecule is COC(=O)c1ccc(CNC(=O)c2ccc(-c3ccccc3)cc2)cc1. The first-order chi connectivity index (χ1) is 12.7. The van der Waals surface area contributed by atoms with Gasteiger partial charge in [0.25, 0.3) is 5.91 Å². The fourth-order valence-corrected chi connectivity index (χ4v) is 2.61. The number of nitrogens with one attached hydrogen (secondary N) is 1. The van der Waals surface area contributed by atoms with E-state index in [-0.39, 0.29) is 11.9 Å². The molecule has 130 valence electrons. The molecule has 0 aliphatic carbocycles. The van der Waals surface area contributed by atoms with Crippen LogP contribution in [0.15, 0.2) is 78.9 Å². The van der Waals surface area contributed by atoms with Crippen LogP contribution in [0.1, 0.15) is 26.3 Å². The molecule has 3 aromatic rings. The predicted octanol–water partition coefficient (Wildman–Crippen LogP) is 4.07. The number of hydrogen-bond acceptors (Lipinski definition) is 3. The molecule has 0 spiro atoms. The lowest BCUT2D eigenvalue weighted by Gasteiger charge is -2.07. The topological polar surface area (TPSA) is 55.4 Å². The molecule has 0 saturated heterocycles. The zero-order chi connectivity index (χ0) is 18.4. The van der Waals surface area contributed by atoms with E-state index < -0.39 is 0 Å². The van der Waals surface area contributed by atoms with E-state index in [9.17, 15) is 9.59 Å². The van der Waals surface area contributed by atoms with E-state index in [1.807, 2.05) is 54.6 Å². The first kappa shape index (κ1) is 17.4. The molecule has 0 fully saturated rings. The highest BCUT2D eigenvalue weighted by molar-refractivity contribution is 5.94. The molecule has 3 aromatic carbocycles. The molecular weight excluding hydrogens is 326 g/mol. The average molecular weight is 345 g/mol. The van der Waals surface area contributed by atoms with Gasteiger partial charge in [-0.3, -0.25) is 4.79 Å². The minimum Gasteiger partial charge on any atom is -0.465 e. The van der Waals surface area contributed by atoms with Crippen LogP contribution in [0.2, 0.25) is 0 Å². The third-order valence-corrected chi connectivity index (χ3v) is 4.08. The van der Waals surface area contributed by atoms with Crippen molar-refractivity contribution in [3.63, 3.8) is 0 Å². The molecular formula is C22H19NO3. The number of methoxy groups -OCH3 is 1. The number of benzene rings is 3. The third kappa shape index (κ3) is 4.16. The Bertz CT molecular complexity index is 885. The van der Waals surface area contributed by atoms with Crippen molar-refractivity contribution < 1.29 is 14.3 Å². The monoisotopic (exact) mass is 345 g/mol. The minimum absolute atomic E-state index is 0.137. The zero-order valence-electron chi connectivity index (χ0n) is 14.4. The fourth-order valence-electron chi connectivity index (χ4n) is 2.61. The van der Waals surface area contributed by atoms with Gasteiger partial charge in [-0.15, -0.1) is 0 Å². The summed E-state index contributed by atoms with van der Waals surface area (Å²) in [5, 5.41) is 2.88. The Kier molecular flexibility index (Phi) is 5.44. The molecule has 0 aliphatic heterocycles. The summed E-state index contributed by atoms with van der Waals surface area (Å²) in [5.74, 6) is -0.513. The molecule has 26 heavy (non-hydrogen) atoms. The van der Waals surface area contributed by atoms with Crippen LogP contribution >= 0.6 is 0 Å². The highest BCUT2D eigenvalue weighted by atomic mass is 16.5. The molecule has 0 radical (unpaired) electrons. The number of esters is 1. The van der Waals surface area contributed by atoms with E-state index in [1.165, 1.54) is 7.11 Å². The van der Waals surface area contributed by atoms with Crippen molar-refractivity contribution in [1.82, 2.24) is 5.32 Å². The molecule has 1 amide bonds. The van der Waals surface area contributed by atoms with E-state index in [0.29, 0.717) is 17.7 Å². The van der Waals surface area contributed by atoms with Crippen molar-refractivity contribution in [3.05, 3.63) is 95.6 Å². The summed E-state index contributed by atoms with van der Waals surface area (Å²) >= 11 is 0. The van der Waals surface area contributed by atoms with Crippen molar-refractivity contribution in [2.24, 2.45) is 0 Å². The first-order valence-corrected chi connectivity index (χ1v) is 8.28. The van der Waals surface area contributed by atoms with Gasteiger partial charge in [0.15, 0.2) is 0 Å². The van der Waals surface area contributed by atoms with Gasteiger partial charge in [0, 0.05) is 12.1 Å². The van der Waals surface area contributed by atoms with Gasteiger partial charge in [-0.25, -0.2) is 4.79 Å². The summed E-state index contributed by atoms with van der Waals surface area (Å²) in [6, 6.07) is 24.5. The van der Waals surface area contributed by atoms with Gasteiger partial charge >= 0.3 is 5.97 Å². The highest BCUT2D eigenvalue weighted by Crippen LogP contribution is 2.19. The summed E-state index contributed by atoms with van der Waals surface area (Å²) in [7, 11) is 1.35. The number of ether oxygens (including phenoxy) is 1. The van der Waals surface area contributed by atoms with Crippen molar-refractivity contribution in [3.8, 4) is 11.1 Å². The zero-order valence-corrected chi connectivity index (χ0v) is 14.4. The third-order valence-electron chi connectivity index (χ3n) is 4.08. The summed E-state index contributed by atoms with van der Waals surface area (Å²) in [6.07, 6.45) is 0. The second-order valence-corrected chi connectivity index (χ2v) is 5.81. The molecule has 0 bridgehead atoms. The van der Waals surface area contributed by atoms with Crippen LogP contribution in [-0.4, -0.2) is 19.0 Å². The number of carbonyl (C=O) groups is 2. The number of hydrogen-bond donors (Lipinski definition) is 1. The lowest BCUT2D eigenvalue weighted by Crippen LogP contribution is -2.22. The standard InChI is InChI=1S/C22H19NO3/c1-26-22(25)20-9-7-16(8-10-20)15-23-21(24)19-13-11-18(12-14-19)17-5-3-2-4-6-17/h2-14H,15H2,1H3,(H,23,24). The summed E-state index contributed by atoms with van der Waals surface area (Å²) in [4.78, 5) is 23.7.